The number of hydrogen-bond acceptors (Lipinski definition) is 9. The molecular weight excluding hydrogens is 350 g/mol. The number of carbonyl (C=O) groups excluding carboxylic acids is 1. The van der Waals surface area contributed by atoms with Crippen molar-refractivity contribution in [2.24, 2.45) is 0 Å². The first kappa shape index (κ1) is 18.1. The summed E-state index contributed by atoms with van der Waals surface area (Å²) in [6.07, 6.45) is 6.05. The lowest BCUT2D eigenvalue weighted by Crippen LogP contribution is -2.33. The average molecular weight is 367 g/mol. The summed E-state index contributed by atoms with van der Waals surface area (Å²) < 4.78 is 5.45. The van der Waals surface area contributed by atoms with Gasteiger partial charge in [-0.1, -0.05) is 0 Å². The van der Waals surface area contributed by atoms with Crippen LogP contribution >= 0.6 is 0 Å². The predicted octanol–water partition coefficient (Wildman–Crippen LogP) is 0.704. The first-order valence-electron chi connectivity index (χ1n) is 8.20. The molecule has 0 aliphatic carbocycles. The first-order chi connectivity index (χ1) is 13.1. The fraction of sp³-hybridized carbons (Fsp3) is 0.294. The lowest BCUT2D eigenvalue weighted by atomic mass is 10.3. The van der Waals surface area contributed by atoms with Crippen LogP contribution in [0.4, 0.5) is 0 Å². The van der Waals surface area contributed by atoms with Crippen LogP contribution in [-0.4, -0.2) is 56.2 Å². The number of aromatic hydroxyl groups is 1. The van der Waals surface area contributed by atoms with E-state index in [0.717, 1.165) is 12.6 Å². The van der Waals surface area contributed by atoms with E-state index >= 15 is 0 Å². The Morgan fingerprint density at radius 2 is 2.41 bits per heavy atom. The Bertz CT molecular complexity index is 938. The van der Waals surface area contributed by atoms with Crippen molar-refractivity contribution >= 4 is 23.0 Å². The maximum atomic E-state index is 11.7. The highest BCUT2D eigenvalue weighted by Crippen LogP contribution is 2.23. The fourth-order valence-corrected chi connectivity index (χ4v) is 2.70. The van der Waals surface area contributed by atoms with Crippen molar-refractivity contribution in [2.45, 2.75) is 18.9 Å². The van der Waals surface area contributed by atoms with Gasteiger partial charge in [0.05, 0.1) is 29.4 Å². The molecule has 10 heteroatoms. The second-order valence-electron chi connectivity index (χ2n) is 5.84. The minimum absolute atomic E-state index is 0.0127. The molecule has 0 bridgehead atoms. The zero-order valence-corrected chi connectivity index (χ0v) is 14.3. The van der Waals surface area contributed by atoms with E-state index in [1.165, 1.54) is 18.6 Å². The number of nitrogens with zero attached hydrogens (tertiary/aromatic N) is 5. The smallest absolute Gasteiger partial charge is 0.326 e. The highest BCUT2D eigenvalue weighted by molar-refractivity contribution is 5.82. The Hall–Kier alpha value is -3.74. The van der Waals surface area contributed by atoms with E-state index < -0.39 is 0 Å². The highest BCUT2D eigenvalue weighted by atomic mass is 16.5. The molecule has 3 N–H and O–H groups in total. The van der Waals surface area contributed by atoms with Gasteiger partial charge in [0, 0.05) is 31.5 Å². The van der Waals surface area contributed by atoms with Crippen LogP contribution < -0.4 is 10.1 Å². The number of pyridine rings is 1. The van der Waals surface area contributed by atoms with Crippen LogP contribution in [0.15, 0.2) is 30.4 Å². The number of fused-ring (bicyclic) bond motifs is 1. The summed E-state index contributed by atoms with van der Waals surface area (Å²) in [6.45, 7) is 1.04. The number of hydrogen-bond donors (Lipinski definition) is 3. The summed E-state index contributed by atoms with van der Waals surface area (Å²) >= 11 is 0. The number of nitriles is 1. The van der Waals surface area contributed by atoms with Crippen molar-refractivity contribution in [3.63, 3.8) is 0 Å². The second-order valence-corrected chi connectivity index (χ2v) is 5.84. The monoisotopic (exact) mass is 367 g/mol. The average Bonchev–Trinajstić information content (AvgIpc) is 3.14. The SMILES string of the molecule is N#CCC(=O)N1CC[C@H](N/C=C(\C=N)Oc2nc(O)c3ccncc3n2)C1. The zero-order valence-electron chi connectivity index (χ0n) is 14.3. The van der Waals surface area contributed by atoms with E-state index in [0.29, 0.717) is 24.0 Å². The summed E-state index contributed by atoms with van der Waals surface area (Å²) in [5.41, 5.74) is 0.416. The molecule has 1 saturated heterocycles. The van der Waals surface area contributed by atoms with E-state index in [4.69, 9.17) is 15.4 Å². The summed E-state index contributed by atoms with van der Waals surface area (Å²) in [5.74, 6) is -0.292. The van der Waals surface area contributed by atoms with Gasteiger partial charge in [0.15, 0.2) is 5.76 Å². The number of likely N-dealkylation sites (tertiary alicyclic amines) is 1. The van der Waals surface area contributed by atoms with Crippen LogP contribution in [0.5, 0.6) is 11.9 Å². The normalized spacial score (nSPS) is 16.8. The van der Waals surface area contributed by atoms with Gasteiger partial charge in [-0.2, -0.15) is 15.2 Å². The molecule has 27 heavy (non-hydrogen) atoms. The summed E-state index contributed by atoms with van der Waals surface area (Å²) in [6, 6.07) is 3.31. The van der Waals surface area contributed by atoms with Crippen LogP contribution in [0.3, 0.4) is 0 Å². The van der Waals surface area contributed by atoms with Crippen molar-refractivity contribution in [1.29, 1.82) is 10.7 Å². The van der Waals surface area contributed by atoms with Gasteiger partial charge in [-0.25, -0.2) is 0 Å². The first-order valence-corrected chi connectivity index (χ1v) is 8.20. The quantitative estimate of drug-likeness (QED) is 0.499. The number of carbonyl (C=O) groups is 1. The molecule has 138 valence electrons. The predicted molar refractivity (Wildman–Crippen MR) is 94.8 cm³/mol. The van der Waals surface area contributed by atoms with Crippen LogP contribution in [-0.2, 0) is 4.79 Å². The van der Waals surface area contributed by atoms with Gasteiger partial charge >= 0.3 is 6.01 Å². The molecule has 3 heterocycles. The summed E-state index contributed by atoms with van der Waals surface area (Å²) in [7, 11) is 0. The van der Waals surface area contributed by atoms with Gasteiger partial charge in [-0.05, 0) is 12.5 Å². The maximum Gasteiger partial charge on any atom is 0.326 e. The Morgan fingerprint density at radius 3 is 3.19 bits per heavy atom. The number of nitrogens with one attached hydrogen (secondary N) is 2. The molecule has 0 radical (unpaired) electrons. The number of amides is 1. The summed E-state index contributed by atoms with van der Waals surface area (Å²) in [4.78, 5) is 25.3. The fourth-order valence-electron chi connectivity index (χ4n) is 2.70. The van der Waals surface area contributed by atoms with Crippen molar-refractivity contribution < 1.29 is 14.6 Å². The molecule has 2 aromatic heterocycles. The van der Waals surface area contributed by atoms with Gasteiger partial charge in [0.2, 0.25) is 11.8 Å². The van der Waals surface area contributed by atoms with E-state index in [2.05, 4.69) is 20.3 Å². The van der Waals surface area contributed by atoms with Gasteiger partial charge in [0.25, 0.3) is 0 Å². The molecule has 10 nitrogen and oxygen atoms in total. The number of rotatable bonds is 6. The van der Waals surface area contributed by atoms with Gasteiger partial charge in [0.1, 0.15) is 6.42 Å². The third-order valence-electron chi connectivity index (χ3n) is 4.04. The lowest BCUT2D eigenvalue weighted by molar-refractivity contribution is -0.129. The zero-order chi connectivity index (χ0) is 19.2. The van der Waals surface area contributed by atoms with Crippen molar-refractivity contribution in [1.82, 2.24) is 25.2 Å². The van der Waals surface area contributed by atoms with Crippen LogP contribution in [0, 0.1) is 16.7 Å². The molecule has 1 amide bonds. The Morgan fingerprint density at radius 1 is 1.56 bits per heavy atom. The Kier molecular flexibility index (Phi) is 5.41. The molecule has 0 unspecified atom stereocenters. The van der Waals surface area contributed by atoms with Crippen LogP contribution in [0.2, 0.25) is 0 Å². The largest absolute Gasteiger partial charge is 0.493 e. The second kappa shape index (κ2) is 8.09. The summed E-state index contributed by atoms with van der Waals surface area (Å²) in [5, 5.41) is 29.6. The third-order valence-corrected chi connectivity index (χ3v) is 4.04. The van der Waals surface area contributed by atoms with E-state index in [9.17, 15) is 9.90 Å². The van der Waals surface area contributed by atoms with Gasteiger partial charge in [-0.3, -0.25) is 9.78 Å². The molecule has 0 spiro atoms. The van der Waals surface area contributed by atoms with Crippen LogP contribution in [0.1, 0.15) is 12.8 Å². The molecular formula is C17H17N7O3. The minimum atomic E-state index is -0.239. The van der Waals surface area contributed by atoms with E-state index in [1.54, 1.807) is 11.0 Å². The molecule has 0 aromatic carbocycles. The van der Waals surface area contributed by atoms with E-state index in [1.807, 2.05) is 6.07 Å². The molecule has 1 fully saturated rings. The van der Waals surface area contributed by atoms with Crippen molar-refractivity contribution in [3.8, 4) is 18.0 Å². The Balaban J connectivity index is 1.65. The lowest BCUT2D eigenvalue weighted by Gasteiger charge is -2.15. The molecule has 2 aromatic rings. The molecule has 1 aliphatic rings. The van der Waals surface area contributed by atoms with Crippen LogP contribution in [0.25, 0.3) is 10.9 Å². The number of aromatic nitrogens is 3. The Labute approximate surface area is 154 Å². The van der Waals surface area contributed by atoms with Crippen molar-refractivity contribution in [2.75, 3.05) is 13.1 Å². The van der Waals surface area contributed by atoms with Gasteiger partial charge < -0.3 is 25.5 Å². The number of allylic oxidation sites excluding steroid dienone is 1. The molecule has 3 rings (SSSR count). The molecule has 1 aliphatic heterocycles. The standard InChI is InChI=1S/C17H17N7O3/c18-4-1-15(25)24-6-3-11(10-24)21-8-12(7-19)27-17-22-14-9-20-5-2-13(14)16(26)23-17/h2,5,7-9,11,19,21H,1,3,6,10H2,(H,22,23,26)/b12-8+,19-7?/t11-/m0/s1. The minimum Gasteiger partial charge on any atom is -0.493 e. The van der Waals surface area contributed by atoms with Crippen molar-refractivity contribution in [3.05, 3.63) is 30.4 Å². The molecule has 1 atom stereocenters. The number of ether oxygens (including phenoxy) is 1. The topological polar surface area (TPSA) is 148 Å². The van der Waals surface area contributed by atoms with Gasteiger partial charge in [-0.15, -0.1) is 0 Å². The molecule has 0 saturated carbocycles. The maximum absolute atomic E-state index is 11.7. The third kappa shape index (κ3) is 4.27. The highest BCUT2D eigenvalue weighted by Gasteiger charge is 2.25. The van der Waals surface area contributed by atoms with E-state index in [-0.39, 0.29) is 36.0 Å².